The normalized spacial score (nSPS) is 11.6. The molecule has 242 valence electrons. The molecule has 2 nitrogen and oxygen atoms in total. The number of allylic oxidation sites excluding steroid dienone is 1. The maximum Gasteiger partial charge on any atom is 0.123 e. The van der Waals surface area contributed by atoms with E-state index < -0.39 is 0 Å². The highest BCUT2D eigenvalue weighted by Crippen LogP contribution is 2.47. The molecule has 0 radical (unpaired) electrons. The second kappa shape index (κ2) is 12.9. The molecule has 1 heterocycles. The maximum absolute atomic E-state index is 4.42. The van der Waals surface area contributed by atoms with Gasteiger partial charge in [0.2, 0.25) is 0 Å². The highest BCUT2D eigenvalue weighted by atomic mass is 32.1. The molecule has 0 aliphatic rings. The highest BCUT2D eigenvalue weighted by molar-refractivity contribution is 7.23. The Labute approximate surface area is 301 Å². The van der Waals surface area contributed by atoms with Crippen LogP contribution in [-0.4, -0.2) is 6.72 Å². The lowest BCUT2D eigenvalue weighted by molar-refractivity contribution is 1.30. The van der Waals surface area contributed by atoms with E-state index in [9.17, 15) is 0 Å². The molecular formula is C48H34N2S. The van der Waals surface area contributed by atoms with Gasteiger partial charge in [0, 0.05) is 22.3 Å². The van der Waals surface area contributed by atoms with Gasteiger partial charge >= 0.3 is 0 Å². The van der Waals surface area contributed by atoms with Crippen LogP contribution in [0, 0.1) is 0 Å². The van der Waals surface area contributed by atoms with E-state index in [2.05, 4.69) is 193 Å². The van der Waals surface area contributed by atoms with Crippen molar-refractivity contribution in [2.24, 2.45) is 4.99 Å². The number of benzene rings is 8. The summed E-state index contributed by atoms with van der Waals surface area (Å²) in [6.07, 6.45) is 4.20. The lowest BCUT2D eigenvalue weighted by Gasteiger charge is -2.26. The Hall–Kier alpha value is -6.29. The average Bonchev–Trinajstić information content (AvgIpc) is 3.57. The molecule has 0 fully saturated rings. The minimum Gasteiger partial charge on any atom is -0.309 e. The first-order valence-electron chi connectivity index (χ1n) is 17.3. The maximum atomic E-state index is 4.42. The van der Waals surface area contributed by atoms with Gasteiger partial charge in [0.15, 0.2) is 0 Å². The first-order chi connectivity index (χ1) is 25.2. The Morgan fingerprint density at radius 3 is 1.57 bits per heavy atom. The van der Waals surface area contributed by atoms with Gasteiger partial charge in [-0.25, -0.2) is 0 Å². The number of hydrogen-bond donors (Lipinski definition) is 0. The third-order valence-corrected chi connectivity index (χ3v) is 11.0. The van der Waals surface area contributed by atoms with Gasteiger partial charge in [-0.3, -0.25) is 4.99 Å². The van der Waals surface area contributed by atoms with E-state index in [1.54, 1.807) is 11.3 Å². The Kier molecular flexibility index (Phi) is 7.76. The predicted octanol–water partition coefficient (Wildman–Crippen LogP) is 14.5. The van der Waals surface area contributed by atoms with Crippen LogP contribution >= 0.6 is 11.3 Å². The molecule has 1 aromatic heterocycles. The van der Waals surface area contributed by atoms with Crippen LogP contribution in [0.5, 0.6) is 0 Å². The van der Waals surface area contributed by atoms with Crippen molar-refractivity contribution in [1.29, 1.82) is 0 Å². The van der Waals surface area contributed by atoms with Crippen molar-refractivity contribution < 1.29 is 0 Å². The monoisotopic (exact) mass is 670 g/mol. The molecule has 0 saturated carbocycles. The van der Waals surface area contributed by atoms with Gasteiger partial charge in [0.25, 0.3) is 0 Å². The van der Waals surface area contributed by atoms with Crippen molar-refractivity contribution in [2.45, 2.75) is 6.92 Å². The van der Waals surface area contributed by atoms with Crippen molar-refractivity contribution in [2.75, 3.05) is 4.90 Å². The summed E-state index contributed by atoms with van der Waals surface area (Å²) in [4.78, 5) is 6.78. The number of rotatable bonds is 7. The van der Waals surface area contributed by atoms with E-state index in [1.165, 1.54) is 64.7 Å². The molecule has 0 unspecified atom stereocenters. The molecule has 8 aromatic carbocycles. The number of fused-ring (bicyclic) bond motifs is 7. The Morgan fingerprint density at radius 2 is 0.980 bits per heavy atom. The molecule has 9 aromatic rings. The molecule has 0 bridgehead atoms. The van der Waals surface area contributed by atoms with E-state index >= 15 is 0 Å². The molecule has 0 amide bonds. The summed E-state index contributed by atoms with van der Waals surface area (Å²) < 4.78 is 1.18. The van der Waals surface area contributed by atoms with Crippen molar-refractivity contribution in [3.05, 3.63) is 175 Å². The Morgan fingerprint density at radius 1 is 0.490 bits per heavy atom. The van der Waals surface area contributed by atoms with Gasteiger partial charge in [0.05, 0.1) is 10.4 Å². The zero-order chi connectivity index (χ0) is 34.3. The van der Waals surface area contributed by atoms with Gasteiger partial charge in [-0.2, -0.15) is 0 Å². The van der Waals surface area contributed by atoms with Crippen LogP contribution in [0.15, 0.2) is 175 Å². The zero-order valence-electron chi connectivity index (χ0n) is 28.3. The molecular weight excluding hydrogens is 637 g/mol. The quantitative estimate of drug-likeness (QED) is 0.122. The first-order valence-corrected chi connectivity index (χ1v) is 18.1. The van der Waals surface area contributed by atoms with Gasteiger partial charge in [0.1, 0.15) is 5.00 Å². The number of aliphatic imine (C=N–C) groups is 1. The summed E-state index contributed by atoms with van der Waals surface area (Å²) >= 11 is 1.69. The largest absolute Gasteiger partial charge is 0.309 e. The summed E-state index contributed by atoms with van der Waals surface area (Å²) in [6, 6.07) is 59.4. The fourth-order valence-corrected chi connectivity index (χ4v) is 8.58. The van der Waals surface area contributed by atoms with Crippen LogP contribution < -0.4 is 4.90 Å². The van der Waals surface area contributed by atoms with E-state index in [-0.39, 0.29) is 0 Å². The molecule has 9 rings (SSSR count). The fraction of sp³-hybridized carbons (Fsp3) is 0.0208. The molecule has 51 heavy (non-hydrogen) atoms. The predicted molar refractivity (Wildman–Crippen MR) is 224 cm³/mol. The second-order valence-corrected chi connectivity index (χ2v) is 13.8. The lowest BCUT2D eigenvalue weighted by atomic mass is 9.92. The van der Waals surface area contributed by atoms with Crippen LogP contribution in [0.25, 0.3) is 70.7 Å². The topological polar surface area (TPSA) is 15.6 Å². The third kappa shape index (κ3) is 5.31. The summed E-state index contributed by atoms with van der Waals surface area (Å²) in [5, 5.41) is 9.82. The molecule has 0 saturated heterocycles. The molecule has 3 heteroatoms. The SMILES string of the molecule is C=Nc1sc2c(N(c3ccc(-c4ccccc4)cc3)c3ccc(-c4ccc5c6ccccc6c6ccccc6c5c4)cc3)cccc2c1/C=C\C. The molecule has 0 aliphatic carbocycles. The van der Waals surface area contributed by atoms with Crippen LogP contribution in [0.1, 0.15) is 12.5 Å². The minimum absolute atomic E-state index is 0.932. The van der Waals surface area contributed by atoms with Gasteiger partial charge in [-0.15, -0.1) is 11.3 Å². The fourth-order valence-electron chi connectivity index (χ4n) is 7.48. The van der Waals surface area contributed by atoms with Gasteiger partial charge in [-0.05, 0) is 105 Å². The Bertz CT molecular complexity index is 2720. The number of thiophene rings is 1. The molecule has 0 atom stereocenters. The van der Waals surface area contributed by atoms with E-state index in [0.29, 0.717) is 0 Å². The number of hydrogen-bond acceptors (Lipinski definition) is 3. The number of anilines is 3. The van der Waals surface area contributed by atoms with Crippen molar-refractivity contribution in [3.63, 3.8) is 0 Å². The van der Waals surface area contributed by atoms with E-state index in [4.69, 9.17) is 0 Å². The molecule has 0 spiro atoms. The first kappa shape index (κ1) is 30.7. The van der Waals surface area contributed by atoms with Crippen molar-refractivity contribution in [1.82, 2.24) is 0 Å². The van der Waals surface area contributed by atoms with Crippen LogP contribution in [0.4, 0.5) is 22.1 Å². The zero-order valence-corrected chi connectivity index (χ0v) is 29.1. The standard InChI is InChI=1S/C48H34N2S/c1-3-12-44-43-19-11-20-46(47(43)51-48(44)49-2)50(36-26-21-33(22-27-36)32-13-5-4-6-14-32)37-28-23-34(24-29-37)35-25-30-42-40-17-8-7-15-38(40)39-16-9-10-18-41(39)45(42)31-35/h3-31H,2H2,1H3/b12-3-. The summed E-state index contributed by atoms with van der Waals surface area (Å²) in [6.45, 7) is 5.94. The smallest absolute Gasteiger partial charge is 0.123 e. The van der Waals surface area contributed by atoms with Crippen LogP contribution in [0.2, 0.25) is 0 Å². The minimum atomic E-state index is 0.932. The average molecular weight is 671 g/mol. The third-order valence-electron chi connectivity index (χ3n) is 9.87. The van der Waals surface area contributed by atoms with E-state index in [1.807, 2.05) is 6.92 Å². The highest BCUT2D eigenvalue weighted by Gasteiger charge is 2.20. The second-order valence-electron chi connectivity index (χ2n) is 12.8. The molecule has 0 aliphatic heterocycles. The summed E-state index contributed by atoms with van der Waals surface area (Å²) in [5.41, 5.74) is 9.18. The van der Waals surface area contributed by atoms with Gasteiger partial charge in [-0.1, -0.05) is 140 Å². The summed E-state index contributed by atoms with van der Waals surface area (Å²) in [5.74, 6) is 0. The van der Waals surface area contributed by atoms with Crippen molar-refractivity contribution in [3.8, 4) is 22.3 Å². The van der Waals surface area contributed by atoms with E-state index in [0.717, 1.165) is 27.6 Å². The summed E-state index contributed by atoms with van der Waals surface area (Å²) in [7, 11) is 0. The van der Waals surface area contributed by atoms with Crippen LogP contribution in [-0.2, 0) is 0 Å². The molecule has 0 N–H and O–H groups in total. The number of nitrogens with zero attached hydrogens (tertiary/aromatic N) is 2. The Balaban J connectivity index is 1.18. The lowest BCUT2D eigenvalue weighted by Crippen LogP contribution is -2.10. The van der Waals surface area contributed by atoms with Crippen LogP contribution in [0.3, 0.4) is 0 Å². The van der Waals surface area contributed by atoms with Gasteiger partial charge < -0.3 is 4.90 Å². The van der Waals surface area contributed by atoms with Crippen molar-refractivity contribution >= 4 is 88.6 Å².